The van der Waals surface area contributed by atoms with Crippen molar-refractivity contribution in [1.82, 2.24) is 0 Å². The van der Waals surface area contributed by atoms with Crippen LogP contribution in [0.25, 0.3) is 0 Å². The van der Waals surface area contributed by atoms with Crippen LogP contribution in [0.3, 0.4) is 0 Å². The van der Waals surface area contributed by atoms with Crippen molar-refractivity contribution in [1.29, 1.82) is 0 Å². The zero-order valence-corrected chi connectivity index (χ0v) is 19.9. The van der Waals surface area contributed by atoms with Crippen molar-refractivity contribution in [2.24, 2.45) is 11.8 Å². The molecule has 2 unspecified atom stereocenters. The number of esters is 2. The second-order valence-electron chi connectivity index (χ2n) is 7.58. The third kappa shape index (κ3) is 10.3. The van der Waals surface area contributed by atoms with E-state index >= 15 is 0 Å². The van der Waals surface area contributed by atoms with Gasteiger partial charge in [0, 0.05) is 17.4 Å². The highest BCUT2D eigenvalue weighted by molar-refractivity contribution is 6.03. The minimum absolute atomic E-state index is 0. The molecular formula is C24H38AlO4. The Balaban J connectivity index is 0.00000784. The normalized spacial score (nSPS) is 12.6. The highest BCUT2D eigenvalue weighted by Gasteiger charge is 2.21. The Hall–Kier alpha value is -1.31. The Bertz CT molecular complexity index is 537. The van der Waals surface area contributed by atoms with Crippen molar-refractivity contribution >= 4 is 29.3 Å². The molecule has 1 aromatic carbocycles. The van der Waals surface area contributed by atoms with Crippen LogP contribution in [0, 0.1) is 11.8 Å². The van der Waals surface area contributed by atoms with Gasteiger partial charge in [-0.1, -0.05) is 78.4 Å². The van der Waals surface area contributed by atoms with Crippen LogP contribution in [0.1, 0.15) is 99.8 Å². The van der Waals surface area contributed by atoms with Crippen LogP contribution in [0.15, 0.2) is 24.3 Å². The lowest BCUT2D eigenvalue weighted by molar-refractivity contribution is 0.0381. The van der Waals surface area contributed by atoms with Crippen LogP contribution in [-0.2, 0) is 9.47 Å². The summed E-state index contributed by atoms with van der Waals surface area (Å²) in [4.78, 5) is 25.1. The van der Waals surface area contributed by atoms with E-state index in [1.54, 1.807) is 24.3 Å². The van der Waals surface area contributed by atoms with Gasteiger partial charge in [-0.05, 0) is 36.8 Å². The molecule has 0 bridgehead atoms. The molecule has 0 spiro atoms. The average molecular weight is 418 g/mol. The summed E-state index contributed by atoms with van der Waals surface area (Å²) in [5, 5.41) is 0. The first-order chi connectivity index (χ1) is 13.6. The number of carbonyl (C=O) groups is 2. The summed E-state index contributed by atoms with van der Waals surface area (Å²) in [6, 6.07) is 6.77. The van der Waals surface area contributed by atoms with E-state index in [0.29, 0.717) is 36.2 Å². The zero-order valence-electron chi connectivity index (χ0n) is 18.7. The third-order valence-corrected chi connectivity index (χ3v) is 5.35. The van der Waals surface area contributed by atoms with Gasteiger partial charge in [0.05, 0.1) is 24.3 Å². The Labute approximate surface area is 187 Å². The monoisotopic (exact) mass is 417 g/mol. The number of rotatable bonds is 14. The summed E-state index contributed by atoms with van der Waals surface area (Å²) in [6.07, 6.45) is 8.61. The minimum Gasteiger partial charge on any atom is -0.462 e. The van der Waals surface area contributed by atoms with Crippen LogP contribution in [0.4, 0.5) is 0 Å². The predicted octanol–water partition coefficient (Wildman–Crippen LogP) is 6.05. The number of ether oxygens (including phenoxy) is 2. The van der Waals surface area contributed by atoms with E-state index in [4.69, 9.17) is 9.47 Å². The molecule has 3 radical (unpaired) electrons. The molecule has 0 fully saturated rings. The quantitative estimate of drug-likeness (QED) is 0.273. The fourth-order valence-corrected chi connectivity index (χ4v) is 3.18. The molecule has 1 rings (SSSR count). The van der Waals surface area contributed by atoms with E-state index in [1.807, 2.05) is 0 Å². The highest BCUT2D eigenvalue weighted by Crippen LogP contribution is 2.18. The van der Waals surface area contributed by atoms with Crippen molar-refractivity contribution in [3.05, 3.63) is 35.4 Å². The van der Waals surface area contributed by atoms with Crippen LogP contribution < -0.4 is 0 Å². The minimum atomic E-state index is -0.444. The van der Waals surface area contributed by atoms with Gasteiger partial charge in [0.25, 0.3) is 0 Å². The van der Waals surface area contributed by atoms with Gasteiger partial charge in [-0.2, -0.15) is 0 Å². The molecule has 5 heteroatoms. The zero-order chi connectivity index (χ0) is 20.8. The fourth-order valence-electron chi connectivity index (χ4n) is 3.18. The SMILES string of the molecule is CCCCC(CC)COC(=O)c1ccccc1C(=O)OCC(CC)CCCC.[Al]. The lowest BCUT2D eigenvalue weighted by atomic mass is 10.0. The van der Waals surface area contributed by atoms with Crippen LogP contribution in [0.2, 0.25) is 0 Å². The maximum Gasteiger partial charge on any atom is 0.339 e. The second-order valence-corrected chi connectivity index (χ2v) is 7.58. The standard InChI is InChI=1S/C24H38O4.Al/c1-5-9-13-19(7-3)17-27-23(25)21-15-11-12-16-22(21)24(26)28-18-20(8-4)14-10-6-2;/h11-12,15-16,19-20H,5-10,13-14,17-18H2,1-4H3;. The maximum atomic E-state index is 12.6. The van der Waals surface area contributed by atoms with E-state index in [-0.39, 0.29) is 17.4 Å². The highest BCUT2D eigenvalue weighted by atomic mass is 27.0. The van der Waals surface area contributed by atoms with Crippen molar-refractivity contribution in [2.45, 2.75) is 79.1 Å². The lowest BCUT2D eigenvalue weighted by Gasteiger charge is -2.17. The maximum absolute atomic E-state index is 12.6. The summed E-state index contributed by atoms with van der Waals surface area (Å²) in [7, 11) is 0. The van der Waals surface area contributed by atoms with Gasteiger partial charge >= 0.3 is 11.9 Å². The van der Waals surface area contributed by atoms with Crippen molar-refractivity contribution < 1.29 is 19.1 Å². The fraction of sp³-hybridized carbons (Fsp3) is 0.667. The first-order valence-electron chi connectivity index (χ1n) is 11.0. The van der Waals surface area contributed by atoms with Gasteiger partial charge < -0.3 is 9.47 Å². The smallest absolute Gasteiger partial charge is 0.339 e. The van der Waals surface area contributed by atoms with Gasteiger partial charge in [0.15, 0.2) is 0 Å². The average Bonchev–Trinajstić information content (AvgIpc) is 2.73. The number of carbonyl (C=O) groups excluding carboxylic acids is 2. The van der Waals surface area contributed by atoms with E-state index < -0.39 is 11.9 Å². The molecule has 0 saturated heterocycles. The Morgan fingerprint density at radius 2 is 1.14 bits per heavy atom. The molecule has 0 amide bonds. The largest absolute Gasteiger partial charge is 0.462 e. The van der Waals surface area contributed by atoms with Crippen LogP contribution in [-0.4, -0.2) is 42.5 Å². The second kappa shape index (κ2) is 16.5. The number of hydrogen-bond donors (Lipinski definition) is 0. The molecule has 0 saturated carbocycles. The molecular weight excluding hydrogens is 379 g/mol. The van der Waals surface area contributed by atoms with Gasteiger partial charge in [0.2, 0.25) is 0 Å². The van der Waals surface area contributed by atoms with Gasteiger partial charge in [-0.15, -0.1) is 0 Å². The number of unbranched alkanes of at least 4 members (excludes halogenated alkanes) is 2. The van der Waals surface area contributed by atoms with Gasteiger partial charge in [-0.25, -0.2) is 9.59 Å². The number of hydrogen-bond acceptors (Lipinski definition) is 4. The van der Waals surface area contributed by atoms with E-state index in [1.165, 1.54) is 0 Å². The van der Waals surface area contributed by atoms with Crippen molar-refractivity contribution in [3.63, 3.8) is 0 Å². The van der Waals surface area contributed by atoms with E-state index in [0.717, 1.165) is 51.4 Å². The number of benzene rings is 1. The molecule has 2 atom stereocenters. The molecule has 29 heavy (non-hydrogen) atoms. The van der Waals surface area contributed by atoms with Crippen LogP contribution in [0.5, 0.6) is 0 Å². The summed E-state index contributed by atoms with van der Waals surface area (Å²) in [5.74, 6) is -0.153. The lowest BCUT2D eigenvalue weighted by Crippen LogP contribution is -2.19. The molecule has 0 N–H and O–H groups in total. The first-order valence-corrected chi connectivity index (χ1v) is 11.0. The summed E-state index contributed by atoms with van der Waals surface area (Å²) in [6.45, 7) is 9.34. The Morgan fingerprint density at radius 3 is 1.45 bits per heavy atom. The summed E-state index contributed by atoms with van der Waals surface area (Å²) >= 11 is 0. The predicted molar refractivity (Wildman–Crippen MR) is 119 cm³/mol. The van der Waals surface area contributed by atoms with E-state index in [2.05, 4.69) is 27.7 Å². The molecule has 0 aliphatic rings. The van der Waals surface area contributed by atoms with Crippen molar-refractivity contribution in [2.75, 3.05) is 13.2 Å². The Morgan fingerprint density at radius 1 is 0.759 bits per heavy atom. The molecule has 0 aromatic heterocycles. The third-order valence-electron chi connectivity index (χ3n) is 5.35. The topological polar surface area (TPSA) is 52.6 Å². The van der Waals surface area contributed by atoms with Gasteiger partial charge in [-0.3, -0.25) is 0 Å². The van der Waals surface area contributed by atoms with E-state index in [9.17, 15) is 9.59 Å². The molecule has 1 aromatic rings. The van der Waals surface area contributed by atoms with Crippen molar-refractivity contribution in [3.8, 4) is 0 Å². The summed E-state index contributed by atoms with van der Waals surface area (Å²) in [5.41, 5.74) is 0.582. The molecule has 161 valence electrons. The first kappa shape index (κ1) is 27.7. The summed E-state index contributed by atoms with van der Waals surface area (Å²) < 4.78 is 11.0. The Kier molecular flexibility index (Phi) is 15.7. The molecule has 0 aliphatic heterocycles. The van der Waals surface area contributed by atoms with Crippen LogP contribution >= 0.6 is 0 Å². The molecule has 0 heterocycles. The molecule has 0 aliphatic carbocycles. The van der Waals surface area contributed by atoms with Gasteiger partial charge in [0.1, 0.15) is 0 Å². The molecule has 4 nitrogen and oxygen atoms in total.